The Morgan fingerprint density at radius 2 is 1.95 bits per heavy atom. The molecule has 1 aromatic heterocycles. The Kier molecular flexibility index (Phi) is 8.04. The highest BCUT2D eigenvalue weighted by atomic mass is 16.6. The number of fused-ring (bicyclic) bond motifs is 2. The van der Waals surface area contributed by atoms with Crippen molar-refractivity contribution in [2.75, 3.05) is 0 Å². The second kappa shape index (κ2) is 10.8. The fourth-order valence-corrected chi connectivity index (χ4v) is 5.61. The van der Waals surface area contributed by atoms with Crippen LogP contribution in [0.15, 0.2) is 22.6 Å². The zero-order valence-corrected chi connectivity index (χ0v) is 22.9. The number of aryl methyl sites for hydroxylation is 1. The number of Topliss-reactive ketones (excluding diaryl/α,β-unsaturated/α-hetero) is 1. The lowest BCUT2D eigenvalue weighted by Crippen LogP contribution is -2.46. The highest BCUT2D eigenvalue weighted by molar-refractivity contribution is 5.88. The van der Waals surface area contributed by atoms with E-state index in [1.54, 1.807) is 26.8 Å². The highest BCUT2D eigenvalue weighted by Crippen LogP contribution is 2.47. The maximum absolute atomic E-state index is 13.5. The minimum Gasteiger partial charge on any atom is -0.457 e. The summed E-state index contributed by atoms with van der Waals surface area (Å²) >= 11 is 0. The Morgan fingerprint density at radius 1 is 1.21 bits per heavy atom. The van der Waals surface area contributed by atoms with Crippen molar-refractivity contribution in [3.63, 3.8) is 0 Å². The average Bonchev–Trinajstić information content (AvgIpc) is 3.32. The van der Waals surface area contributed by atoms with Crippen LogP contribution in [-0.2, 0) is 19.1 Å². The first-order valence-electron chi connectivity index (χ1n) is 13.4. The van der Waals surface area contributed by atoms with Gasteiger partial charge in [-0.15, -0.1) is 12.3 Å². The number of hydrogen-bond donors (Lipinski definition) is 2. The average molecular weight is 526 g/mol. The van der Waals surface area contributed by atoms with E-state index in [9.17, 15) is 19.8 Å². The predicted molar refractivity (Wildman–Crippen MR) is 141 cm³/mol. The Labute approximate surface area is 224 Å². The lowest BCUT2D eigenvalue weighted by molar-refractivity contribution is -0.156. The molecule has 8 nitrogen and oxygen atoms in total. The number of aromatic nitrogens is 1. The first-order valence-corrected chi connectivity index (χ1v) is 13.4. The van der Waals surface area contributed by atoms with Gasteiger partial charge in [0.05, 0.1) is 41.7 Å². The van der Waals surface area contributed by atoms with Gasteiger partial charge in [0.1, 0.15) is 17.4 Å². The number of aliphatic hydroxyl groups is 2. The van der Waals surface area contributed by atoms with Crippen LogP contribution in [0.3, 0.4) is 0 Å². The van der Waals surface area contributed by atoms with E-state index in [0.29, 0.717) is 29.8 Å². The number of nitrogens with zero attached hydrogens (tertiary/aromatic N) is 1. The van der Waals surface area contributed by atoms with Gasteiger partial charge in [0.2, 0.25) is 0 Å². The molecule has 8 heteroatoms. The zero-order valence-electron chi connectivity index (χ0n) is 22.9. The largest absolute Gasteiger partial charge is 0.457 e. The molecule has 3 heterocycles. The summed E-state index contributed by atoms with van der Waals surface area (Å²) in [5.74, 6) is 1.05. The number of aliphatic hydroxyl groups excluding tert-OH is 2. The minimum atomic E-state index is -1.32. The number of ketones is 1. The van der Waals surface area contributed by atoms with Gasteiger partial charge in [-0.1, -0.05) is 33.3 Å². The van der Waals surface area contributed by atoms with Crippen molar-refractivity contribution in [3.05, 3.63) is 29.7 Å². The normalized spacial score (nSPS) is 34.8. The van der Waals surface area contributed by atoms with E-state index < -0.39 is 35.6 Å². The molecule has 4 rings (SSSR count). The SMILES string of the molecule is C#CCC1C(=O)C(C)(C)C(O)CC(=O)OC(c2ccc3oc(C)nc3c2)CC2OC2(C)CCCC(C)C1O. The molecule has 2 fully saturated rings. The van der Waals surface area contributed by atoms with Crippen LogP contribution < -0.4 is 0 Å². The van der Waals surface area contributed by atoms with Gasteiger partial charge < -0.3 is 24.1 Å². The number of rotatable bonds is 2. The van der Waals surface area contributed by atoms with Crippen molar-refractivity contribution < 1.29 is 33.7 Å². The summed E-state index contributed by atoms with van der Waals surface area (Å²) in [5, 5.41) is 22.1. The number of esters is 1. The third-order valence-electron chi connectivity index (χ3n) is 8.46. The monoisotopic (exact) mass is 525 g/mol. The molecule has 2 saturated heterocycles. The fraction of sp³-hybridized carbons (Fsp3) is 0.633. The second-order valence-electron chi connectivity index (χ2n) is 11.8. The standard InChI is InChI=1S/C30H39NO7/c1-7-9-20-27(34)17(2)10-8-13-30(6)25(38-30)15-23(19-11-12-22-21(14-19)31-18(3)36-22)37-26(33)16-24(32)29(4,5)28(20)35/h1,11-12,14,17,20,23-25,27,32,34H,8-10,13,15-16H2,2-6H3. The number of cyclic esters (lactones) is 1. The van der Waals surface area contributed by atoms with Crippen molar-refractivity contribution in [1.29, 1.82) is 0 Å². The van der Waals surface area contributed by atoms with E-state index in [-0.39, 0.29) is 36.2 Å². The van der Waals surface area contributed by atoms with E-state index in [1.807, 2.05) is 26.0 Å². The Balaban J connectivity index is 1.63. The molecule has 0 aliphatic carbocycles. The highest BCUT2D eigenvalue weighted by Gasteiger charge is 2.53. The number of hydrogen-bond acceptors (Lipinski definition) is 8. The lowest BCUT2D eigenvalue weighted by atomic mass is 9.71. The van der Waals surface area contributed by atoms with Crippen molar-refractivity contribution in [1.82, 2.24) is 4.98 Å². The zero-order chi connectivity index (χ0) is 27.8. The van der Waals surface area contributed by atoms with E-state index in [0.717, 1.165) is 18.4 Å². The van der Waals surface area contributed by atoms with Crippen LogP contribution in [0.1, 0.15) is 83.8 Å². The molecule has 2 aromatic rings. The number of oxazole rings is 1. The molecule has 7 unspecified atom stereocenters. The number of benzene rings is 1. The molecular weight excluding hydrogens is 486 g/mol. The summed E-state index contributed by atoms with van der Waals surface area (Å²) in [6.45, 7) is 8.89. The topological polar surface area (TPSA) is 122 Å². The molecule has 206 valence electrons. The number of epoxide rings is 1. The van der Waals surface area contributed by atoms with Crippen LogP contribution >= 0.6 is 0 Å². The maximum Gasteiger partial charge on any atom is 0.309 e. The van der Waals surface area contributed by atoms with Crippen LogP contribution in [-0.4, -0.2) is 50.9 Å². The van der Waals surface area contributed by atoms with Gasteiger partial charge >= 0.3 is 5.97 Å². The predicted octanol–water partition coefficient (Wildman–Crippen LogP) is 4.43. The molecule has 0 amide bonds. The third-order valence-corrected chi connectivity index (χ3v) is 8.46. The van der Waals surface area contributed by atoms with Crippen LogP contribution in [0.25, 0.3) is 11.1 Å². The molecular formula is C30H39NO7. The fourth-order valence-electron chi connectivity index (χ4n) is 5.61. The van der Waals surface area contributed by atoms with Crippen LogP contribution in [0.2, 0.25) is 0 Å². The van der Waals surface area contributed by atoms with Gasteiger partial charge in [-0.25, -0.2) is 4.98 Å². The Bertz CT molecular complexity index is 1230. The van der Waals surface area contributed by atoms with Crippen molar-refractivity contribution >= 4 is 22.9 Å². The minimum absolute atomic E-state index is 0.0555. The van der Waals surface area contributed by atoms with Crippen LogP contribution in [0.4, 0.5) is 0 Å². The third kappa shape index (κ3) is 5.80. The molecule has 0 radical (unpaired) electrons. The summed E-state index contributed by atoms with van der Waals surface area (Å²) in [4.78, 5) is 31.0. The Morgan fingerprint density at radius 3 is 2.66 bits per heavy atom. The molecule has 7 atom stereocenters. The summed E-state index contributed by atoms with van der Waals surface area (Å²) in [5.41, 5.74) is 0.390. The summed E-state index contributed by atoms with van der Waals surface area (Å²) in [7, 11) is 0. The molecule has 0 spiro atoms. The smallest absolute Gasteiger partial charge is 0.309 e. The molecule has 0 saturated carbocycles. The van der Waals surface area contributed by atoms with Gasteiger partial charge in [-0.2, -0.15) is 0 Å². The number of ether oxygens (including phenoxy) is 2. The van der Waals surface area contributed by atoms with Gasteiger partial charge in [-0.05, 0) is 43.4 Å². The van der Waals surface area contributed by atoms with Gasteiger partial charge in [0.15, 0.2) is 11.5 Å². The van der Waals surface area contributed by atoms with Crippen LogP contribution in [0.5, 0.6) is 0 Å². The van der Waals surface area contributed by atoms with Crippen molar-refractivity contribution in [2.24, 2.45) is 17.3 Å². The molecule has 38 heavy (non-hydrogen) atoms. The summed E-state index contributed by atoms with van der Waals surface area (Å²) < 4.78 is 17.6. The molecule has 2 aliphatic rings. The van der Waals surface area contributed by atoms with E-state index in [4.69, 9.17) is 20.3 Å². The summed E-state index contributed by atoms with van der Waals surface area (Å²) in [6, 6.07) is 5.50. The summed E-state index contributed by atoms with van der Waals surface area (Å²) in [6.07, 6.45) is 4.94. The molecule has 0 bridgehead atoms. The second-order valence-corrected chi connectivity index (χ2v) is 11.8. The van der Waals surface area contributed by atoms with E-state index in [1.165, 1.54) is 0 Å². The van der Waals surface area contributed by atoms with E-state index >= 15 is 0 Å². The lowest BCUT2D eigenvalue weighted by Gasteiger charge is -2.35. The van der Waals surface area contributed by atoms with Gasteiger partial charge in [0, 0.05) is 19.8 Å². The quantitative estimate of drug-likeness (QED) is 0.335. The first-order chi connectivity index (χ1) is 17.9. The van der Waals surface area contributed by atoms with Crippen LogP contribution in [0, 0.1) is 36.5 Å². The number of carbonyl (C=O) groups is 2. The molecule has 1 aromatic carbocycles. The van der Waals surface area contributed by atoms with Gasteiger partial charge in [0.25, 0.3) is 0 Å². The number of carbonyl (C=O) groups excluding carboxylic acids is 2. The Hall–Kier alpha value is -2.73. The van der Waals surface area contributed by atoms with Crippen molar-refractivity contribution in [2.45, 2.75) is 103 Å². The van der Waals surface area contributed by atoms with Crippen molar-refractivity contribution in [3.8, 4) is 12.3 Å². The number of terminal acetylenes is 1. The molecule has 2 aliphatic heterocycles. The van der Waals surface area contributed by atoms with Gasteiger partial charge in [-0.3, -0.25) is 9.59 Å². The molecule has 2 N–H and O–H groups in total. The first kappa shape index (κ1) is 28.3. The van der Waals surface area contributed by atoms with E-state index in [2.05, 4.69) is 10.9 Å². The maximum atomic E-state index is 13.5.